The highest BCUT2D eigenvalue weighted by atomic mass is 32.1. The van der Waals surface area contributed by atoms with Crippen molar-refractivity contribution in [1.29, 1.82) is 0 Å². The second-order valence-corrected chi connectivity index (χ2v) is 5.83. The Hall–Kier alpha value is -2.29. The van der Waals surface area contributed by atoms with Gasteiger partial charge < -0.3 is 15.6 Å². The molecule has 0 saturated heterocycles. The van der Waals surface area contributed by atoms with Crippen molar-refractivity contribution in [3.8, 4) is 0 Å². The predicted molar refractivity (Wildman–Crippen MR) is 94.5 cm³/mol. The third-order valence-electron chi connectivity index (χ3n) is 3.92. The molecule has 9 heteroatoms. The summed E-state index contributed by atoms with van der Waals surface area (Å²) in [5, 5.41) is 13.6. The van der Waals surface area contributed by atoms with Gasteiger partial charge in [0.1, 0.15) is 5.52 Å². The lowest BCUT2D eigenvalue weighted by molar-refractivity contribution is 0.691. The van der Waals surface area contributed by atoms with Crippen molar-refractivity contribution < 1.29 is 0 Å². The van der Waals surface area contributed by atoms with E-state index in [9.17, 15) is 0 Å². The van der Waals surface area contributed by atoms with Gasteiger partial charge in [-0.3, -0.25) is 5.10 Å². The van der Waals surface area contributed by atoms with E-state index in [1.54, 1.807) is 6.33 Å². The van der Waals surface area contributed by atoms with E-state index in [4.69, 9.17) is 0 Å². The highest BCUT2D eigenvalue weighted by Gasteiger charge is 2.28. The van der Waals surface area contributed by atoms with Crippen LogP contribution in [0.4, 0.5) is 17.6 Å². The molecule has 3 heterocycles. The van der Waals surface area contributed by atoms with Gasteiger partial charge in [0.25, 0.3) is 0 Å². The minimum atomic E-state index is 0. The maximum absolute atomic E-state index is 4.57. The van der Waals surface area contributed by atoms with Crippen LogP contribution in [-0.4, -0.2) is 36.2 Å². The number of aromatic amines is 2. The molecule has 1 saturated carbocycles. The minimum Gasteiger partial charge on any atom is -0.365 e. The smallest absolute Gasteiger partial charge is 0.232 e. The molecule has 0 bridgehead atoms. The van der Waals surface area contributed by atoms with E-state index in [1.165, 1.54) is 12.8 Å². The summed E-state index contributed by atoms with van der Waals surface area (Å²) < 4.78 is 0. The number of aryl methyl sites for hydroxylation is 1. The van der Waals surface area contributed by atoms with Gasteiger partial charge in [-0.1, -0.05) is 0 Å². The Kier molecular flexibility index (Phi) is 4.12. The maximum atomic E-state index is 4.57. The van der Waals surface area contributed by atoms with Crippen LogP contribution in [-0.2, 0) is 0 Å². The Balaban J connectivity index is 0.00000156. The molecule has 0 aliphatic heterocycles. The van der Waals surface area contributed by atoms with E-state index in [2.05, 4.69) is 47.7 Å². The summed E-state index contributed by atoms with van der Waals surface area (Å²) in [5.41, 5.74) is 2.44. The van der Waals surface area contributed by atoms with Crippen molar-refractivity contribution in [2.75, 3.05) is 10.6 Å². The zero-order chi connectivity index (χ0) is 15.1. The predicted octanol–water partition coefficient (Wildman–Crippen LogP) is 2.45. The number of rotatable bonds is 5. The molecule has 4 N–H and O–H groups in total. The number of nitrogens with one attached hydrogen (secondary N) is 4. The van der Waals surface area contributed by atoms with E-state index in [1.807, 2.05) is 13.0 Å². The van der Waals surface area contributed by atoms with Gasteiger partial charge in [0.15, 0.2) is 17.3 Å². The Morgan fingerprint density at radius 1 is 1.30 bits per heavy atom. The molecule has 8 nitrogen and oxygen atoms in total. The van der Waals surface area contributed by atoms with Gasteiger partial charge in [-0.2, -0.15) is 28.6 Å². The SMILES string of the molecule is Cc1cc(Nc2nc(NC(C)C3CC3)c3[nH]cnc3n2)n[nH]1.S. The number of fused-ring (bicyclic) bond motifs is 1. The van der Waals surface area contributed by atoms with Crippen LogP contribution in [0.15, 0.2) is 12.4 Å². The Labute approximate surface area is 140 Å². The van der Waals surface area contributed by atoms with E-state index >= 15 is 0 Å². The Morgan fingerprint density at radius 2 is 2.13 bits per heavy atom. The second kappa shape index (κ2) is 6.07. The van der Waals surface area contributed by atoms with Gasteiger partial charge in [-0.25, -0.2) is 4.98 Å². The molecule has 23 heavy (non-hydrogen) atoms. The van der Waals surface area contributed by atoms with Gasteiger partial charge in [0.2, 0.25) is 5.95 Å². The Bertz CT molecular complexity index is 806. The fourth-order valence-electron chi connectivity index (χ4n) is 2.52. The molecular formula is C14H20N8S. The van der Waals surface area contributed by atoms with E-state index in [0.29, 0.717) is 23.5 Å². The molecule has 0 aromatic carbocycles. The monoisotopic (exact) mass is 332 g/mol. The molecule has 1 aliphatic carbocycles. The van der Waals surface area contributed by atoms with Gasteiger partial charge >= 0.3 is 0 Å². The van der Waals surface area contributed by atoms with Gasteiger partial charge in [-0.15, -0.1) is 0 Å². The normalized spacial score (nSPS) is 15.2. The summed E-state index contributed by atoms with van der Waals surface area (Å²) in [6.45, 7) is 4.13. The van der Waals surface area contributed by atoms with Crippen molar-refractivity contribution in [3.63, 3.8) is 0 Å². The standard InChI is InChI=1S/C14H18N8.H2S/c1-7-5-10(22-21-7)18-14-19-12-11(15-6-16-12)13(20-14)17-8(2)9-3-4-9;/h5-6,8-9H,3-4H2,1-2H3,(H4,15,16,17,18,19,20,21,22);1H2. The lowest BCUT2D eigenvalue weighted by Crippen LogP contribution is -2.19. The van der Waals surface area contributed by atoms with Crippen molar-refractivity contribution >= 4 is 42.2 Å². The fraction of sp³-hybridized carbons (Fsp3) is 0.429. The maximum Gasteiger partial charge on any atom is 0.232 e. The summed E-state index contributed by atoms with van der Waals surface area (Å²) in [7, 11) is 0. The van der Waals surface area contributed by atoms with Crippen LogP contribution in [0.25, 0.3) is 11.2 Å². The Morgan fingerprint density at radius 3 is 2.83 bits per heavy atom. The average molecular weight is 332 g/mol. The molecule has 1 atom stereocenters. The van der Waals surface area contributed by atoms with Crippen LogP contribution < -0.4 is 10.6 Å². The number of aromatic nitrogens is 6. The molecule has 0 amide bonds. The summed E-state index contributed by atoms with van der Waals surface area (Å²) in [4.78, 5) is 16.3. The third kappa shape index (κ3) is 3.24. The van der Waals surface area contributed by atoms with Crippen LogP contribution >= 0.6 is 13.5 Å². The van der Waals surface area contributed by atoms with E-state index in [0.717, 1.165) is 22.9 Å². The first-order valence-corrected chi connectivity index (χ1v) is 7.46. The molecule has 4 rings (SSSR count). The molecule has 122 valence electrons. The minimum absolute atomic E-state index is 0. The number of nitrogens with zero attached hydrogens (tertiary/aromatic N) is 4. The number of H-pyrrole nitrogens is 2. The highest BCUT2D eigenvalue weighted by Crippen LogP contribution is 2.34. The zero-order valence-corrected chi connectivity index (χ0v) is 14.0. The van der Waals surface area contributed by atoms with Gasteiger partial charge in [0.05, 0.1) is 6.33 Å². The van der Waals surface area contributed by atoms with Gasteiger partial charge in [0, 0.05) is 17.8 Å². The van der Waals surface area contributed by atoms with Crippen molar-refractivity contribution in [2.24, 2.45) is 5.92 Å². The third-order valence-corrected chi connectivity index (χ3v) is 3.92. The molecule has 3 aromatic rings. The second-order valence-electron chi connectivity index (χ2n) is 5.83. The molecule has 1 fully saturated rings. The topological polar surface area (TPSA) is 107 Å². The van der Waals surface area contributed by atoms with Crippen LogP contribution in [0.5, 0.6) is 0 Å². The molecule has 1 unspecified atom stereocenters. The van der Waals surface area contributed by atoms with E-state index < -0.39 is 0 Å². The molecular weight excluding hydrogens is 312 g/mol. The lowest BCUT2D eigenvalue weighted by atomic mass is 10.2. The highest BCUT2D eigenvalue weighted by molar-refractivity contribution is 7.59. The first-order chi connectivity index (χ1) is 10.7. The quantitative estimate of drug-likeness (QED) is 0.572. The zero-order valence-electron chi connectivity index (χ0n) is 13.0. The number of anilines is 3. The van der Waals surface area contributed by atoms with Crippen molar-refractivity contribution in [1.82, 2.24) is 30.1 Å². The summed E-state index contributed by atoms with van der Waals surface area (Å²) in [6.07, 6.45) is 4.20. The summed E-state index contributed by atoms with van der Waals surface area (Å²) in [6, 6.07) is 2.29. The van der Waals surface area contributed by atoms with Crippen LogP contribution in [0.1, 0.15) is 25.5 Å². The molecule has 0 radical (unpaired) electrons. The largest absolute Gasteiger partial charge is 0.365 e. The first-order valence-electron chi connectivity index (χ1n) is 7.46. The van der Waals surface area contributed by atoms with Crippen molar-refractivity contribution in [3.05, 3.63) is 18.1 Å². The van der Waals surface area contributed by atoms with Crippen LogP contribution in [0, 0.1) is 12.8 Å². The average Bonchev–Trinajstić information content (AvgIpc) is 3.11. The van der Waals surface area contributed by atoms with Crippen LogP contribution in [0.3, 0.4) is 0 Å². The van der Waals surface area contributed by atoms with Crippen LogP contribution in [0.2, 0.25) is 0 Å². The van der Waals surface area contributed by atoms with Crippen molar-refractivity contribution in [2.45, 2.75) is 32.7 Å². The van der Waals surface area contributed by atoms with Gasteiger partial charge in [-0.05, 0) is 32.6 Å². The lowest BCUT2D eigenvalue weighted by Gasteiger charge is -2.14. The number of hydrogen-bond acceptors (Lipinski definition) is 6. The van der Waals surface area contributed by atoms with E-state index in [-0.39, 0.29) is 13.5 Å². The number of imidazole rings is 1. The fourth-order valence-corrected chi connectivity index (χ4v) is 2.52. The molecule has 0 spiro atoms. The summed E-state index contributed by atoms with van der Waals surface area (Å²) >= 11 is 0. The first kappa shape index (κ1) is 15.6. The number of hydrogen-bond donors (Lipinski definition) is 4. The molecule has 3 aromatic heterocycles. The summed E-state index contributed by atoms with van der Waals surface area (Å²) in [5.74, 6) is 2.68. The molecule has 1 aliphatic rings.